The lowest BCUT2D eigenvalue weighted by molar-refractivity contribution is -0.137. The van der Waals surface area contributed by atoms with Crippen molar-refractivity contribution in [1.82, 2.24) is 10.3 Å². The Balaban J connectivity index is 1.92. The molecule has 0 atom stereocenters. The van der Waals surface area contributed by atoms with Crippen LogP contribution in [-0.2, 0) is 6.18 Å². The SMILES string of the molecule is O=C(N/C(=N/c1cccc(=O)[nH]1)Nc1cccc(C(F)(F)F)c1)c1ccc(Cl)cc1. The largest absolute Gasteiger partial charge is 0.416 e. The van der Waals surface area contributed by atoms with Gasteiger partial charge in [0, 0.05) is 22.3 Å². The van der Waals surface area contributed by atoms with Crippen molar-refractivity contribution in [3.05, 3.63) is 93.2 Å². The summed E-state index contributed by atoms with van der Waals surface area (Å²) in [6.07, 6.45) is -4.54. The van der Waals surface area contributed by atoms with Crippen molar-refractivity contribution in [2.24, 2.45) is 4.99 Å². The van der Waals surface area contributed by atoms with Crippen molar-refractivity contribution in [3.63, 3.8) is 0 Å². The zero-order valence-corrected chi connectivity index (χ0v) is 15.9. The van der Waals surface area contributed by atoms with E-state index in [1.165, 1.54) is 54.6 Å². The number of pyridine rings is 1. The Hall–Kier alpha value is -3.59. The van der Waals surface area contributed by atoms with Crippen molar-refractivity contribution in [1.29, 1.82) is 0 Å². The molecule has 0 saturated carbocycles. The normalized spacial score (nSPS) is 11.8. The molecule has 0 saturated heterocycles. The van der Waals surface area contributed by atoms with Crippen molar-refractivity contribution in [2.45, 2.75) is 6.18 Å². The minimum Gasteiger partial charge on any atom is -0.326 e. The number of nitrogens with one attached hydrogen (secondary N) is 3. The quantitative estimate of drug-likeness (QED) is 0.416. The first-order valence-electron chi connectivity index (χ1n) is 8.50. The number of hydrogen-bond acceptors (Lipinski definition) is 3. The Morgan fingerprint density at radius 1 is 1.00 bits per heavy atom. The number of carbonyl (C=O) groups excluding carboxylic acids is 1. The highest BCUT2D eigenvalue weighted by atomic mass is 35.5. The van der Waals surface area contributed by atoms with Gasteiger partial charge in [-0.25, -0.2) is 0 Å². The van der Waals surface area contributed by atoms with Crippen LogP contribution in [0.25, 0.3) is 0 Å². The highest BCUT2D eigenvalue weighted by Crippen LogP contribution is 2.30. The molecule has 30 heavy (non-hydrogen) atoms. The van der Waals surface area contributed by atoms with Crippen LogP contribution in [0.1, 0.15) is 15.9 Å². The third-order valence-electron chi connectivity index (χ3n) is 3.78. The molecule has 3 N–H and O–H groups in total. The van der Waals surface area contributed by atoms with Gasteiger partial charge in [0.1, 0.15) is 5.82 Å². The monoisotopic (exact) mass is 434 g/mol. The average Bonchev–Trinajstić information content (AvgIpc) is 2.68. The molecule has 0 bridgehead atoms. The first kappa shape index (κ1) is 21.1. The second-order valence-electron chi connectivity index (χ2n) is 6.03. The molecule has 0 aliphatic rings. The fourth-order valence-electron chi connectivity index (χ4n) is 2.40. The third-order valence-corrected chi connectivity index (χ3v) is 4.03. The molecule has 1 aromatic heterocycles. The van der Waals surface area contributed by atoms with Gasteiger partial charge in [-0.2, -0.15) is 18.2 Å². The minimum absolute atomic E-state index is 0.0401. The summed E-state index contributed by atoms with van der Waals surface area (Å²) < 4.78 is 38.9. The van der Waals surface area contributed by atoms with Crippen LogP contribution in [0.15, 0.2) is 76.5 Å². The molecule has 0 radical (unpaired) electrons. The molecule has 1 heterocycles. The summed E-state index contributed by atoms with van der Waals surface area (Å²) in [5.74, 6) is -0.673. The Kier molecular flexibility index (Phi) is 6.22. The van der Waals surface area contributed by atoms with Crippen LogP contribution in [-0.4, -0.2) is 16.9 Å². The van der Waals surface area contributed by atoms with Crippen LogP contribution < -0.4 is 16.2 Å². The van der Waals surface area contributed by atoms with Gasteiger partial charge in [-0.1, -0.05) is 23.7 Å². The van der Waals surface area contributed by atoms with Crippen molar-refractivity contribution in [2.75, 3.05) is 5.32 Å². The number of anilines is 1. The molecule has 0 fully saturated rings. The smallest absolute Gasteiger partial charge is 0.326 e. The van der Waals surface area contributed by atoms with Gasteiger partial charge in [-0.3, -0.25) is 14.9 Å². The number of hydrogen-bond donors (Lipinski definition) is 3. The van der Waals surface area contributed by atoms with E-state index in [2.05, 4.69) is 20.6 Å². The van der Waals surface area contributed by atoms with Crippen molar-refractivity contribution in [3.8, 4) is 0 Å². The summed E-state index contributed by atoms with van der Waals surface area (Å²) in [6, 6.07) is 14.6. The lowest BCUT2D eigenvalue weighted by atomic mass is 10.2. The van der Waals surface area contributed by atoms with E-state index in [0.29, 0.717) is 5.02 Å². The van der Waals surface area contributed by atoms with Gasteiger partial charge in [0.25, 0.3) is 5.91 Å². The predicted octanol–water partition coefficient (Wildman–Crippen LogP) is 4.58. The van der Waals surface area contributed by atoms with E-state index in [1.54, 1.807) is 0 Å². The molecule has 0 spiro atoms. The molecule has 10 heteroatoms. The summed E-state index contributed by atoms with van der Waals surface area (Å²) in [5, 5.41) is 5.56. The van der Waals surface area contributed by atoms with E-state index in [1.807, 2.05) is 0 Å². The first-order valence-corrected chi connectivity index (χ1v) is 8.88. The number of aromatic nitrogens is 1. The maximum atomic E-state index is 13.0. The highest BCUT2D eigenvalue weighted by Gasteiger charge is 2.30. The maximum Gasteiger partial charge on any atom is 0.416 e. The number of aromatic amines is 1. The number of carbonyl (C=O) groups is 1. The average molecular weight is 435 g/mol. The Morgan fingerprint density at radius 2 is 1.70 bits per heavy atom. The molecule has 0 unspecified atom stereocenters. The highest BCUT2D eigenvalue weighted by molar-refractivity contribution is 6.30. The number of guanidine groups is 1. The minimum atomic E-state index is -4.54. The first-order chi connectivity index (χ1) is 14.2. The predicted molar refractivity (Wildman–Crippen MR) is 108 cm³/mol. The number of amides is 1. The number of benzene rings is 2. The Morgan fingerprint density at radius 3 is 2.37 bits per heavy atom. The van der Waals surface area contributed by atoms with Crippen molar-refractivity contribution < 1.29 is 18.0 Å². The zero-order chi connectivity index (χ0) is 21.7. The van der Waals surface area contributed by atoms with E-state index >= 15 is 0 Å². The molecule has 3 aromatic rings. The molecule has 3 rings (SSSR count). The van der Waals surface area contributed by atoms with Crippen LogP contribution >= 0.6 is 11.6 Å². The molecule has 0 aliphatic heterocycles. The zero-order valence-electron chi connectivity index (χ0n) is 15.1. The Bertz CT molecular complexity index is 1140. The molecular formula is C20H14ClF3N4O2. The van der Waals surface area contributed by atoms with Crippen LogP contribution in [0.2, 0.25) is 5.02 Å². The third kappa shape index (κ3) is 5.71. The van der Waals surface area contributed by atoms with Crippen molar-refractivity contribution >= 4 is 35.0 Å². The number of aliphatic imine (C=N–C) groups is 1. The van der Waals surface area contributed by atoms with Crippen LogP contribution in [0.4, 0.5) is 24.7 Å². The molecule has 1 amide bonds. The fraction of sp³-hybridized carbons (Fsp3) is 0.0500. The number of nitrogens with zero attached hydrogens (tertiary/aromatic N) is 1. The van der Waals surface area contributed by atoms with Gasteiger partial charge >= 0.3 is 6.18 Å². The van der Waals surface area contributed by atoms with Gasteiger partial charge < -0.3 is 10.3 Å². The fourth-order valence-corrected chi connectivity index (χ4v) is 2.53. The van der Waals surface area contributed by atoms with Gasteiger partial charge in [0.2, 0.25) is 11.5 Å². The van der Waals surface area contributed by atoms with Gasteiger partial charge in [-0.15, -0.1) is 0 Å². The lowest BCUT2D eigenvalue weighted by Crippen LogP contribution is -2.36. The van der Waals surface area contributed by atoms with Crippen LogP contribution in [0.5, 0.6) is 0 Å². The standard InChI is InChI=1S/C20H14ClF3N4O2/c21-14-9-7-12(8-10-14)18(30)28-19(27-16-5-2-6-17(29)26-16)25-15-4-1-3-13(11-15)20(22,23)24/h1-11H,(H3,25,26,27,28,29,30). The second kappa shape index (κ2) is 8.83. The number of rotatable bonds is 3. The summed E-state index contributed by atoms with van der Waals surface area (Å²) in [6.45, 7) is 0. The van der Waals surface area contributed by atoms with E-state index in [0.717, 1.165) is 12.1 Å². The molecule has 2 aromatic carbocycles. The summed E-state index contributed by atoms with van der Waals surface area (Å²) in [7, 11) is 0. The van der Waals surface area contributed by atoms with Gasteiger partial charge in [0.05, 0.1) is 5.56 Å². The van der Waals surface area contributed by atoms with Gasteiger partial charge in [-0.05, 0) is 48.5 Å². The summed E-state index contributed by atoms with van der Waals surface area (Å²) in [4.78, 5) is 30.6. The van der Waals surface area contributed by atoms with E-state index < -0.39 is 23.2 Å². The molecule has 6 nitrogen and oxygen atoms in total. The lowest BCUT2D eigenvalue weighted by Gasteiger charge is -2.13. The number of halogens is 4. The second-order valence-corrected chi connectivity index (χ2v) is 6.46. The van der Waals surface area contributed by atoms with Crippen LogP contribution in [0, 0.1) is 0 Å². The molecule has 0 aliphatic carbocycles. The topological polar surface area (TPSA) is 86.3 Å². The molecule has 154 valence electrons. The summed E-state index contributed by atoms with van der Waals surface area (Å²) in [5.41, 5.74) is -1.01. The Labute approximate surface area is 173 Å². The van der Waals surface area contributed by atoms with Crippen LogP contribution in [0.3, 0.4) is 0 Å². The van der Waals surface area contributed by atoms with E-state index in [-0.39, 0.29) is 23.0 Å². The summed E-state index contributed by atoms with van der Waals surface area (Å²) >= 11 is 5.81. The number of H-pyrrole nitrogens is 1. The van der Waals surface area contributed by atoms with Gasteiger partial charge in [0.15, 0.2) is 0 Å². The number of alkyl halides is 3. The van der Waals surface area contributed by atoms with E-state index in [4.69, 9.17) is 11.6 Å². The van der Waals surface area contributed by atoms with E-state index in [9.17, 15) is 22.8 Å². The molecular weight excluding hydrogens is 421 g/mol. The maximum absolute atomic E-state index is 13.0.